The van der Waals surface area contributed by atoms with Crippen LogP contribution in [0, 0.1) is 19.8 Å². The molecule has 1 aliphatic heterocycles. The van der Waals surface area contributed by atoms with Gasteiger partial charge >= 0.3 is 0 Å². The van der Waals surface area contributed by atoms with Crippen molar-refractivity contribution in [3.63, 3.8) is 0 Å². The SMILES string of the molecule is Cc1cc2nc(CCC3CCNCC3)[nH]c2cc1C. The molecular weight excluding hydrogens is 234 g/mol. The van der Waals surface area contributed by atoms with Crippen LogP contribution in [0.4, 0.5) is 0 Å². The maximum Gasteiger partial charge on any atom is 0.107 e. The summed E-state index contributed by atoms with van der Waals surface area (Å²) < 4.78 is 0. The third-order valence-corrected chi connectivity index (χ3v) is 4.39. The van der Waals surface area contributed by atoms with Gasteiger partial charge in [-0.05, 0) is 75.4 Å². The number of aromatic amines is 1. The van der Waals surface area contributed by atoms with Crippen LogP contribution < -0.4 is 5.32 Å². The van der Waals surface area contributed by atoms with Gasteiger partial charge in [0.15, 0.2) is 0 Å². The average molecular weight is 257 g/mol. The van der Waals surface area contributed by atoms with Crippen molar-refractivity contribution in [1.82, 2.24) is 15.3 Å². The van der Waals surface area contributed by atoms with Crippen molar-refractivity contribution < 1.29 is 0 Å². The summed E-state index contributed by atoms with van der Waals surface area (Å²) >= 11 is 0. The van der Waals surface area contributed by atoms with Gasteiger partial charge in [0.2, 0.25) is 0 Å². The van der Waals surface area contributed by atoms with Gasteiger partial charge in [0.25, 0.3) is 0 Å². The fraction of sp³-hybridized carbons (Fsp3) is 0.562. The lowest BCUT2D eigenvalue weighted by atomic mass is 9.93. The number of nitrogens with one attached hydrogen (secondary N) is 2. The number of hydrogen-bond acceptors (Lipinski definition) is 2. The third-order valence-electron chi connectivity index (χ3n) is 4.39. The van der Waals surface area contributed by atoms with E-state index in [9.17, 15) is 0 Å². The first-order valence-corrected chi connectivity index (χ1v) is 7.39. The van der Waals surface area contributed by atoms with E-state index >= 15 is 0 Å². The Kier molecular flexibility index (Phi) is 3.56. The number of imidazole rings is 1. The predicted octanol–water partition coefficient (Wildman–Crippen LogP) is 3.11. The van der Waals surface area contributed by atoms with Crippen LogP contribution >= 0.6 is 0 Å². The van der Waals surface area contributed by atoms with E-state index in [0.717, 1.165) is 23.7 Å². The number of piperidine rings is 1. The number of fused-ring (bicyclic) bond motifs is 1. The van der Waals surface area contributed by atoms with Crippen molar-refractivity contribution in [1.29, 1.82) is 0 Å². The number of aryl methyl sites for hydroxylation is 3. The monoisotopic (exact) mass is 257 g/mol. The molecule has 1 aromatic heterocycles. The molecule has 19 heavy (non-hydrogen) atoms. The molecule has 0 unspecified atom stereocenters. The van der Waals surface area contributed by atoms with Crippen LogP contribution in [0.1, 0.15) is 36.2 Å². The molecule has 2 N–H and O–H groups in total. The molecule has 3 heteroatoms. The molecule has 1 aromatic carbocycles. The molecule has 0 aliphatic carbocycles. The highest BCUT2D eigenvalue weighted by atomic mass is 14.9. The Labute approximate surface area is 114 Å². The molecule has 2 aromatic rings. The molecule has 0 bridgehead atoms. The molecule has 2 heterocycles. The summed E-state index contributed by atoms with van der Waals surface area (Å²) in [5.74, 6) is 2.02. The van der Waals surface area contributed by atoms with Crippen LogP contribution in [-0.2, 0) is 6.42 Å². The van der Waals surface area contributed by atoms with E-state index in [1.165, 1.54) is 49.0 Å². The lowest BCUT2D eigenvalue weighted by Crippen LogP contribution is -2.27. The van der Waals surface area contributed by atoms with Crippen molar-refractivity contribution in [3.8, 4) is 0 Å². The minimum Gasteiger partial charge on any atom is -0.342 e. The molecule has 3 nitrogen and oxygen atoms in total. The normalized spacial score (nSPS) is 17.2. The first-order valence-electron chi connectivity index (χ1n) is 7.39. The largest absolute Gasteiger partial charge is 0.342 e. The first-order chi connectivity index (χ1) is 9.22. The topological polar surface area (TPSA) is 40.7 Å². The van der Waals surface area contributed by atoms with Gasteiger partial charge < -0.3 is 10.3 Å². The minimum absolute atomic E-state index is 0.873. The van der Waals surface area contributed by atoms with Gasteiger partial charge in [0.1, 0.15) is 5.82 Å². The minimum atomic E-state index is 0.873. The number of H-pyrrole nitrogens is 1. The van der Waals surface area contributed by atoms with Gasteiger partial charge in [-0.2, -0.15) is 0 Å². The fourth-order valence-electron chi connectivity index (χ4n) is 2.95. The highest BCUT2D eigenvalue weighted by Gasteiger charge is 2.14. The quantitative estimate of drug-likeness (QED) is 0.887. The molecule has 1 saturated heterocycles. The van der Waals surface area contributed by atoms with Gasteiger partial charge in [-0.25, -0.2) is 4.98 Å². The summed E-state index contributed by atoms with van der Waals surface area (Å²) in [4.78, 5) is 8.20. The summed E-state index contributed by atoms with van der Waals surface area (Å²) in [5, 5.41) is 3.42. The van der Waals surface area contributed by atoms with Crippen LogP contribution in [0.25, 0.3) is 11.0 Å². The Morgan fingerprint density at radius 3 is 2.68 bits per heavy atom. The van der Waals surface area contributed by atoms with Crippen LogP contribution in [0.5, 0.6) is 0 Å². The number of rotatable bonds is 3. The number of hydrogen-bond donors (Lipinski definition) is 2. The predicted molar refractivity (Wildman–Crippen MR) is 79.5 cm³/mol. The summed E-state index contributed by atoms with van der Waals surface area (Å²) in [6, 6.07) is 4.40. The van der Waals surface area contributed by atoms with E-state index in [2.05, 4.69) is 36.3 Å². The van der Waals surface area contributed by atoms with Gasteiger partial charge in [-0.1, -0.05) is 0 Å². The highest BCUT2D eigenvalue weighted by Crippen LogP contribution is 2.21. The number of benzene rings is 1. The van der Waals surface area contributed by atoms with E-state index in [1.54, 1.807) is 0 Å². The van der Waals surface area contributed by atoms with Crippen molar-refractivity contribution >= 4 is 11.0 Å². The Morgan fingerprint density at radius 1 is 1.16 bits per heavy atom. The van der Waals surface area contributed by atoms with Crippen molar-refractivity contribution in [2.45, 2.75) is 39.5 Å². The summed E-state index contributed by atoms with van der Waals surface area (Å²) in [6.07, 6.45) is 4.98. The molecule has 0 spiro atoms. The maximum absolute atomic E-state index is 4.73. The number of nitrogens with zero attached hydrogens (tertiary/aromatic N) is 1. The van der Waals surface area contributed by atoms with Gasteiger partial charge in [0.05, 0.1) is 11.0 Å². The molecule has 0 radical (unpaired) electrons. The lowest BCUT2D eigenvalue weighted by molar-refractivity contribution is 0.352. The summed E-state index contributed by atoms with van der Waals surface area (Å²) in [5.41, 5.74) is 4.96. The Morgan fingerprint density at radius 2 is 1.89 bits per heavy atom. The van der Waals surface area contributed by atoms with E-state index in [1.807, 2.05) is 0 Å². The maximum atomic E-state index is 4.73. The molecule has 0 atom stereocenters. The zero-order valence-corrected chi connectivity index (χ0v) is 11.9. The van der Waals surface area contributed by atoms with E-state index in [-0.39, 0.29) is 0 Å². The van der Waals surface area contributed by atoms with Crippen LogP contribution in [0.2, 0.25) is 0 Å². The van der Waals surface area contributed by atoms with Crippen LogP contribution in [0.15, 0.2) is 12.1 Å². The van der Waals surface area contributed by atoms with Crippen molar-refractivity contribution in [2.24, 2.45) is 5.92 Å². The smallest absolute Gasteiger partial charge is 0.107 e. The Bertz CT molecular complexity index is 526. The number of aromatic nitrogens is 2. The Hall–Kier alpha value is -1.35. The molecule has 0 amide bonds. The summed E-state index contributed by atoms with van der Waals surface area (Å²) in [6.45, 7) is 6.68. The van der Waals surface area contributed by atoms with E-state index in [4.69, 9.17) is 4.98 Å². The van der Waals surface area contributed by atoms with Crippen LogP contribution in [0.3, 0.4) is 0 Å². The van der Waals surface area contributed by atoms with Crippen LogP contribution in [-0.4, -0.2) is 23.1 Å². The zero-order chi connectivity index (χ0) is 13.2. The van der Waals surface area contributed by atoms with Crippen molar-refractivity contribution in [3.05, 3.63) is 29.1 Å². The molecule has 1 fully saturated rings. The second kappa shape index (κ2) is 5.33. The molecule has 1 aliphatic rings. The third kappa shape index (κ3) is 2.81. The zero-order valence-electron chi connectivity index (χ0n) is 11.9. The second-order valence-corrected chi connectivity index (χ2v) is 5.87. The van der Waals surface area contributed by atoms with Gasteiger partial charge in [0, 0.05) is 6.42 Å². The standard InChI is InChI=1S/C16H23N3/c1-11-9-14-15(10-12(11)2)19-16(18-14)4-3-13-5-7-17-8-6-13/h9-10,13,17H,3-8H2,1-2H3,(H,18,19). The first kappa shape index (κ1) is 12.7. The summed E-state index contributed by atoms with van der Waals surface area (Å²) in [7, 11) is 0. The molecule has 102 valence electrons. The highest BCUT2D eigenvalue weighted by molar-refractivity contribution is 5.77. The average Bonchev–Trinajstić information content (AvgIpc) is 2.80. The van der Waals surface area contributed by atoms with Gasteiger partial charge in [-0.3, -0.25) is 0 Å². The second-order valence-electron chi connectivity index (χ2n) is 5.87. The van der Waals surface area contributed by atoms with Gasteiger partial charge in [-0.15, -0.1) is 0 Å². The molecular formula is C16H23N3. The molecule has 3 rings (SSSR count). The van der Waals surface area contributed by atoms with E-state index in [0.29, 0.717) is 0 Å². The lowest BCUT2D eigenvalue weighted by Gasteiger charge is -2.21. The van der Waals surface area contributed by atoms with Crippen molar-refractivity contribution in [2.75, 3.05) is 13.1 Å². The molecule has 0 saturated carbocycles. The Balaban J connectivity index is 1.70. The van der Waals surface area contributed by atoms with E-state index < -0.39 is 0 Å². The fourth-order valence-corrected chi connectivity index (χ4v) is 2.95.